The molecular weight excluding hydrogens is 264 g/mol. The Morgan fingerprint density at radius 2 is 2.00 bits per heavy atom. The van der Waals surface area contributed by atoms with Crippen LogP contribution in [0.4, 0.5) is 0 Å². The predicted octanol–water partition coefficient (Wildman–Crippen LogP) is 1.10. The largest absolute Gasteiger partial charge is 0.342 e. The summed E-state index contributed by atoms with van der Waals surface area (Å²) in [6.07, 6.45) is 2.40. The first kappa shape index (κ1) is 12.8. The van der Waals surface area contributed by atoms with Gasteiger partial charge in [0.2, 0.25) is 5.91 Å². The highest BCUT2D eigenvalue weighted by Crippen LogP contribution is 2.26. The SMILES string of the molecule is O=C(CCn1cnc2ccccc21)N1C[C@H]2CNC[C@H]2C1. The maximum absolute atomic E-state index is 12.4. The number of fused-ring (bicyclic) bond motifs is 2. The van der Waals surface area contributed by atoms with Gasteiger partial charge in [-0.2, -0.15) is 0 Å². The Labute approximate surface area is 123 Å². The molecule has 4 rings (SSSR count). The van der Waals surface area contributed by atoms with Crippen molar-refractivity contribution in [1.29, 1.82) is 0 Å². The Hall–Kier alpha value is -1.88. The Balaban J connectivity index is 1.39. The molecule has 2 fully saturated rings. The summed E-state index contributed by atoms with van der Waals surface area (Å²) >= 11 is 0. The molecular formula is C16H20N4O. The van der Waals surface area contributed by atoms with Gasteiger partial charge in [0.25, 0.3) is 0 Å². The van der Waals surface area contributed by atoms with Crippen LogP contribution in [-0.4, -0.2) is 46.5 Å². The third-order valence-electron chi connectivity index (χ3n) is 4.84. The number of imidazole rings is 1. The van der Waals surface area contributed by atoms with Crippen LogP contribution in [0.2, 0.25) is 0 Å². The summed E-state index contributed by atoms with van der Waals surface area (Å²) in [5.41, 5.74) is 2.10. The zero-order chi connectivity index (χ0) is 14.2. The average Bonchev–Trinajstić information content (AvgIpc) is 3.18. The van der Waals surface area contributed by atoms with Gasteiger partial charge in [-0.15, -0.1) is 0 Å². The van der Waals surface area contributed by atoms with E-state index in [-0.39, 0.29) is 5.91 Å². The molecule has 110 valence electrons. The van der Waals surface area contributed by atoms with Gasteiger partial charge in [0.15, 0.2) is 0 Å². The van der Waals surface area contributed by atoms with Crippen LogP contribution in [0, 0.1) is 11.8 Å². The number of para-hydroxylation sites is 2. The lowest BCUT2D eigenvalue weighted by Crippen LogP contribution is -2.32. The monoisotopic (exact) mass is 284 g/mol. The number of nitrogens with zero attached hydrogens (tertiary/aromatic N) is 3. The molecule has 3 heterocycles. The fraction of sp³-hybridized carbons (Fsp3) is 0.500. The second-order valence-corrected chi connectivity index (χ2v) is 6.15. The summed E-state index contributed by atoms with van der Waals surface area (Å²) < 4.78 is 2.08. The fourth-order valence-electron chi connectivity index (χ4n) is 3.62. The molecule has 2 aliphatic heterocycles. The van der Waals surface area contributed by atoms with E-state index >= 15 is 0 Å². The molecule has 0 bridgehead atoms. The molecule has 1 aromatic heterocycles. The van der Waals surface area contributed by atoms with E-state index in [9.17, 15) is 4.79 Å². The lowest BCUT2D eigenvalue weighted by Gasteiger charge is -2.17. The van der Waals surface area contributed by atoms with Crippen LogP contribution in [0.15, 0.2) is 30.6 Å². The minimum atomic E-state index is 0.280. The van der Waals surface area contributed by atoms with Gasteiger partial charge < -0.3 is 14.8 Å². The molecule has 21 heavy (non-hydrogen) atoms. The number of likely N-dealkylation sites (tertiary alicyclic amines) is 1. The van der Waals surface area contributed by atoms with E-state index in [2.05, 4.69) is 25.8 Å². The molecule has 5 nitrogen and oxygen atoms in total. The molecule has 1 N–H and O–H groups in total. The Kier molecular flexibility index (Phi) is 3.15. The van der Waals surface area contributed by atoms with Crippen LogP contribution >= 0.6 is 0 Å². The predicted molar refractivity (Wildman–Crippen MR) is 80.8 cm³/mol. The number of benzene rings is 1. The Bertz CT molecular complexity index is 653. The Morgan fingerprint density at radius 1 is 1.24 bits per heavy atom. The van der Waals surface area contributed by atoms with Crippen molar-refractivity contribution >= 4 is 16.9 Å². The highest BCUT2D eigenvalue weighted by atomic mass is 16.2. The second kappa shape index (κ2) is 5.15. The normalized spacial score (nSPS) is 24.7. The highest BCUT2D eigenvalue weighted by Gasteiger charge is 2.37. The third kappa shape index (κ3) is 2.31. The molecule has 0 spiro atoms. The van der Waals surface area contributed by atoms with Gasteiger partial charge in [0.05, 0.1) is 17.4 Å². The Morgan fingerprint density at radius 3 is 2.81 bits per heavy atom. The van der Waals surface area contributed by atoms with Crippen molar-refractivity contribution in [3.63, 3.8) is 0 Å². The van der Waals surface area contributed by atoms with Crippen LogP contribution in [-0.2, 0) is 11.3 Å². The standard InChI is InChI=1S/C16H20N4O/c21-16(20-9-12-7-17-8-13(12)10-20)5-6-19-11-18-14-3-1-2-4-15(14)19/h1-4,11-13,17H,5-10H2/t12-,13+. The van der Waals surface area contributed by atoms with E-state index in [0.29, 0.717) is 24.8 Å². The summed E-state index contributed by atoms with van der Waals surface area (Å²) in [4.78, 5) is 18.8. The molecule has 1 aromatic carbocycles. The molecule has 0 radical (unpaired) electrons. The number of hydrogen-bond acceptors (Lipinski definition) is 3. The highest BCUT2D eigenvalue weighted by molar-refractivity contribution is 5.78. The zero-order valence-electron chi connectivity index (χ0n) is 12.0. The van der Waals surface area contributed by atoms with Gasteiger partial charge in [-0.3, -0.25) is 4.79 Å². The second-order valence-electron chi connectivity index (χ2n) is 6.15. The quantitative estimate of drug-likeness (QED) is 0.918. The van der Waals surface area contributed by atoms with Crippen molar-refractivity contribution in [3.8, 4) is 0 Å². The number of nitrogens with one attached hydrogen (secondary N) is 1. The first-order valence-electron chi connectivity index (χ1n) is 7.69. The van der Waals surface area contributed by atoms with Gasteiger partial charge in [-0.25, -0.2) is 4.98 Å². The lowest BCUT2D eigenvalue weighted by molar-refractivity contribution is -0.130. The van der Waals surface area contributed by atoms with Crippen LogP contribution in [0.5, 0.6) is 0 Å². The van der Waals surface area contributed by atoms with Gasteiger partial charge in [0, 0.05) is 39.1 Å². The molecule has 0 saturated carbocycles. The maximum Gasteiger partial charge on any atom is 0.224 e. The van der Waals surface area contributed by atoms with Crippen LogP contribution < -0.4 is 5.32 Å². The smallest absolute Gasteiger partial charge is 0.224 e. The van der Waals surface area contributed by atoms with Gasteiger partial charge in [-0.1, -0.05) is 12.1 Å². The van der Waals surface area contributed by atoms with Crippen molar-refractivity contribution in [2.75, 3.05) is 26.2 Å². The van der Waals surface area contributed by atoms with E-state index in [4.69, 9.17) is 0 Å². The van der Waals surface area contributed by atoms with Crippen molar-refractivity contribution in [3.05, 3.63) is 30.6 Å². The number of amides is 1. The van der Waals surface area contributed by atoms with Gasteiger partial charge in [0.1, 0.15) is 0 Å². The number of rotatable bonds is 3. The molecule has 1 amide bonds. The minimum Gasteiger partial charge on any atom is -0.342 e. The van der Waals surface area contributed by atoms with Crippen molar-refractivity contribution < 1.29 is 4.79 Å². The average molecular weight is 284 g/mol. The number of hydrogen-bond donors (Lipinski definition) is 1. The van der Waals surface area contributed by atoms with Crippen molar-refractivity contribution in [2.45, 2.75) is 13.0 Å². The van der Waals surface area contributed by atoms with Crippen molar-refractivity contribution in [2.24, 2.45) is 11.8 Å². The van der Waals surface area contributed by atoms with E-state index in [1.54, 1.807) is 0 Å². The molecule has 2 aromatic rings. The molecule has 0 unspecified atom stereocenters. The number of carbonyl (C=O) groups is 1. The number of aromatic nitrogens is 2. The van der Waals surface area contributed by atoms with E-state index in [1.807, 2.05) is 24.5 Å². The number of aryl methyl sites for hydroxylation is 1. The van der Waals surface area contributed by atoms with Gasteiger partial charge in [-0.05, 0) is 24.0 Å². The first-order chi connectivity index (χ1) is 10.3. The topological polar surface area (TPSA) is 50.2 Å². The molecule has 2 saturated heterocycles. The summed E-state index contributed by atoms with van der Waals surface area (Å²) in [5.74, 6) is 1.62. The fourth-order valence-corrected chi connectivity index (χ4v) is 3.62. The summed E-state index contributed by atoms with van der Waals surface area (Å²) in [7, 11) is 0. The summed E-state index contributed by atoms with van der Waals surface area (Å²) in [6, 6.07) is 8.06. The molecule has 2 aliphatic rings. The zero-order valence-corrected chi connectivity index (χ0v) is 12.0. The number of carbonyl (C=O) groups excluding carboxylic acids is 1. The van der Waals surface area contributed by atoms with Crippen LogP contribution in [0.3, 0.4) is 0 Å². The lowest BCUT2D eigenvalue weighted by atomic mass is 10.0. The van der Waals surface area contributed by atoms with E-state index in [0.717, 1.165) is 37.2 Å². The van der Waals surface area contributed by atoms with Crippen LogP contribution in [0.1, 0.15) is 6.42 Å². The first-order valence-corrected chi connectivity index (χ1v) is 7.69. The van der Waals surface area contributed by atoms with Crippen molar-refractivity contribution in [1.82, 2.24) is 19.8 Å². The maximum atomic E-state index is 12.4. The van der Waals surface area contributed by atoms with Gasteiger partial charge >= 0.3 is 0 Å². The van der Waals surface area contributed by atoms with E-state index in [1.165, 1.54) is 0 Å². The summed E-state index contributed by atoms with van der Waals surface area (Å²) in [6.45, 7) is 4.72. The summed E-state index contributed by atoms with van der Waals surface area (Å²) in [5, 5.41) is 3.41. The third-order valence-corrected chi connectivity index (χ3v) is 4.84. The molecule has 5 heteroatoms. The minimum absolute atomic E-state index is 0.280. The van der Waals surface area contributed by atoms with E-state index < -0.39 is 0 Å². The van der Waals surface area contributed by atoms with Crippen LogP contribution in [0.25, 0.3) is 11.0 Å². The molecule has 0 aliphatic carbocycles. The molecule has 2 atom stereocenters.